The highest BCUT2D eigenvalue weighted by Gasteiger charge is 2.42. The molecule has 3 heterocycles. The van der Waals surface area contributed by atoms with E-state index in [4.69, 9.17) is 16.6 Å². The van der Waals surface area contributed by atoms with E-state index in [0.29, 0.717) is 0 Å². The molecule has 2 atom stereocenters. The monoisotopic (exact) mass is 455 g/mol. The van der Waals surface area contributed by atoms with Crippen LogP contribution in [0.1, 0.15) is 42.9 Å². The molecule has 1 aliphatic heterocycles. The number of thiocarbonyl (C=S) groups is 1. The summed E-state index contributed by atoms with van der Waals surface area (Å²) in [6, 6.07) is 16.4. The maximum atomic E-state index is 6.36. The van der Waals surface area contributed by atoms with Crippen LogP contribution in [0.4, 0.5) is 0 Å². The van der Waals surface area contributed by atoms with Gasteiger partial charge in [-0.3, -0.25) is 4.98 Å². The standard InChI is InChI=1S/C22H22BrN3OS/c1-13(2)26-21(20(25-22(26)28)17-6-4-5-11-24-17)19-10-9-18(27-19)15-8-7-14(3)12-16(15)23/h4-13,20-21H,1-3H3,(H,25,28)/t20-,21-/m1/s1. The topological polar surface area (TPSA) is 41.3 Å². The molecule has 0 aliphatic carbocycles. The summed E-state index contributed by atoms with van der Waals surface area (Å²) in [6.07, 6.45) is 1.81. The molecule has 4 rings (SSSR count). The van der Waals surface area contributed by atoms with Crippen LogP contribution in [0, 0.1) is 6.92 Å². The predicted octanol–water partition coefficient (Wildman–Crippen LogP) is 5.79. The van der Waals surface area contributed by atoms with E-state index in [1.165, 1.54) is 5.56 Å². The number of aromatic nitrogens is 1. The van der Waals surface area contributed by atoms with Gasteiger partial charge in [0.2, 0.25) is 0 Å². The molecule has 0 radical (unpaired) electrons. The summed E-state index contributed by atoms with van der Waals surface area (Å²) in [5.41, 5.74) is 3.19. The van der Waals surface area contributed by atoms with Gasteiger partial charge in [-0.05, 0) is 75.0 Å². The third-order valence-electron chi connectivity index (χ3n) is 5.00. The Labute approximate surface area is 179 Å². The number of hydrogen-bond donors (Lipinski definition) is 1. The highest BCUT2D eigenvalue weighted by Crippen LogP contribution is 2.42. The van der Waals surface area contributed by atoms with Crippen LogP contribution in [0.25, 0.3) is 11.3 Å². The molecule has 1 N–H and O–H groups in total. The normalized spacial score (nSPS) is 19.3. The molecule has 4 nitrogen and oxygen atoms in total. The second kappa shape index (κ2) is 7.68. The second-order valence-electron chi connectivity index (χ2n) is 7.31. The van der Waals surface area contributed by atoms with Gasteiger partial charge >= 0.3 is 0 Å². The summed E-state index contributed by atoms with van der Waals surface area (Å²) < 4.78 is 7.38. The molecule has 0 unspecified atom stereocenters. The van der Waals surface area contributed by atoms with E-state index in [0.717, 1.165) is 32.4 Å². The molecule has 2 aromatic heterocycles. The molecular formula is C22H22BrN3OS. The van der Waals surface area contributed by atoms with Gasteiger partial charge in [0.25, 0.3) is 0 Å². The third-order valence-corrected chi connectivity index (χ3v) is 5.98. The molecule has 1 aromatic carbocycles. The fourth-order valence-electron chi connectivity index (χ4n) is 3.70. The molecule has 6 heteroatoms. The number of hydrogen-bond acceptors (Lipinski definition) is 3. The molecule has 144 valence electrons. The Kier molecular flexibility index (Phi) is 5.25. The van der Waals surface area contributed by atoms with Gasteiger partial charge in [0, 0.05) is 22.3 Å². The van der Waals surface area contributed by atoms with Gasteiger partial charge in [0.15, 0.2) is 5.11 Å². The average Bonchev–Trinajstić information content (AvgIpc) is 3.26. The number of nitrogens with zero attached hydrogens (tertiary/aromatic N) is 2. The fourth-order valence-corrected chi connectivity index (χ4v) is 4.84. The summed E-state index contributed by atoms with van der Waals surface area (Å²) in [5.74, 6) is 1.71. The first-order valence-corrected chi connectivity index (χ1v) is 10.5. The van der Waals surface area contributed by atoms with Crippen LogP contribution in [-0.4, -0.2) is 21.0 Å². The first-order valence-electron chi connectivity index (χ1n) is 9.31. The van der Waals surface area contributed by atoms with E-state index in [9.17, 15) is 0 Å². The van der Waals surface area contributed by atoms with Crippen molar-refractivity contribution in [1.29, 1.82) is 0 Å². The molecule has 0 amide bonds. The molecular weight excluding hydrogens is 434 g/mol. The van der Waals surface area contributed by atoms with Crippen molar-refractivity contribution in [2.45, 2.75) is 38.9 Å². The van der Waals surface area contributed by atoms with Gasteiger partial charge in [0.05, 0.1) is 11.7 Å². The summed E-state index contributed by atoms with van der Waals surface area (Å²) in [5, 5.41) is 4.17. The van der Waals surface area contributed by atoms with Gasteiger partial charge in [-0.1, -0.05) is 28.1 Å². The molecule has 1 saturated heterocycles. The van der Waals surface area contributed by atoms with E-state index in [1.807, 2.05) is 36.5 Å². The van der Waals surface area contributed by atoms with Crippen molar-refractivity contribution in [3.63, 3.8) is 0 Å². The fraction of sp³-hybridized carbons (Fsp3) is 0.273. The Hall–Kier alpha value is -2.18. The second-order valence-corrected chi connectivity index (χ2v) is 8.55. The zero-order valence-electron chi connectivity index (χ0n) is 16.0. The molecule has 0 saturated carbocycles. The number of halogens is 1. The Morgan fingerprint density at radius 3 is 2.68 bits per heavy atom. The van der Waals surface area contributed by atoms with Crippen LogP contribution in [0.5, 0.6) is 0 Å². The largest absolute Gasteiger partial charge is 0.459 e. The van der Waals surface area contributed by atoms with E-state index in [1.54, 1.807) is 0 Å². The van der Waals surface area contributed by atoms with Crippen LogP contribution in [0.15, 0.2) is 63.6 Å². The number of pyridine rings is 1. The first kappa shape index (κ1) is 19.2. The lowest BCUT2D eigenvalue weighted by molar-refractivity contribution is 0.237. The van der Waals surface area contributed by atoms with Crippen molar-refractivity contribution in [3.8, 4) is 11.3 Å². The highest BCUT2D eigenvalue weighted by molar-refractivity contribution is 9.10. The van der Waals surface area contributed by atoms with Crippen LogP contribution < -0.4 is 5.32 Å². The first-order chi connectivity index (χ1) is 13.5. The predicted molar refractivity (Wildman–Crippen MR) is 119 cm³/mol. The number of rotatable bonds is 4. The lowest BCUT2D eigenvalue weighted by Gasteiger charge is -2.29. The van der Waals surface area contributed by atoms with Crippen molar-refractivity contribution in [3.05, 3.63) is 76.2 Å². The van der Waals surface area contributed by atoms with Crippen molar-refractivity contribution in [2.24, 2.45) is 0 Å². The van der Waals surface area contributed by atoms with Gasteiger partial charge in [0.1, 0.15) is 17.6 Å². The van der Waals surface area contributed by atoms with E-state index in [-0.39, 0.29) is 18.1 Å². The Bertz CT molecular complexity index is 1000. The lowest BCUT2D eigenvalue weighted by atomic mass is 10.0. The molecule has 0 bridgehead atoms. The molecule has 28 heavy (non-hydrogen) atoms. The number of furan rings is 1. The minimum Gasteiger partial charge on any atom is -0.459 e. The third kappa shape index (κ3) is 3.47. The SMILES string of the molecule is Cc1ccc(-c2ccc([C@@H]3[C@@H](c4ccccn4)NC(=S)N3C(C)C)o2)c(Br)c1. The van der Waals surface area contributed by atoms with E-state index in [2.05, 4.69) is 70.1 Å². The zero-order valence-corrected chi connectivity index (χ0v) is 18.4. The molecule has 3 aromatic rings. The Morgan fingerprint density at radius 2 is 2.00 bits per heavy atom. The van der Waals surface area contributed by atoms with Crippen LogP contribution >= 0.6 is 28.1 Å². The minimum atomic E-state index is -0.0587. The van der Waals surface area contributed by atoms with Crippen molar-refractivity contribution in [1.82, 2.24) is 15.2 Å². The average molecular weight is 456 g/mol. The van der Waals surface area contributed by atoms with Crippen LogP contribution in [-0.2, 0) is 0 Å². The molecule has 0 spiro atoms. The van der Waals surface area contributed by atoms with E-state index < -0.39 is 0 Å². The minimum absolute atomic E-state index is 0.0552. The zero-order chi connectivity index (χ0) is 19.8. The lowest BCUT2D eigenvalue weighted by Crippen LogP contribution is -2.35. The van der Waals surface area contributed by atoms with Gasteiger partial charge < -0.3 is 14.6 Å². The summed E-state index contributed by atoms with van der Waals surface area (Å²) in [6.45, 7) is 6.36. The smallest absolute Gasteiger partial charge is 0.170 e. The highest BCUT2D eigenvalue weighted by atomic mass is 79.9. The van der Waals surface area contributed by atoms with Crippen molar-refractivity contribution in [2.75, 3.05) is 0 Å². The maximum Gasteiger partial charge on any atom is 0.170 e. The summed E-state index contributed by atoms with van der Waals surface area (Å²) in [4.78, 5) is 6.75. The number of benzene rings is 1. The number of aryl methyl sites for hydroxylation is 1. The number of nitrogens with one attached hydrogen (secondary N) is 1. The van der Waals surface area contributed by atoms with Gasteiger partial charge in [-0.25, -0.2) is 0 Å². The van der Waals surface area contributed by atoms with Crippen LogP contribution in [0.2, 0.25) is 0 Å². The Morgan fingerprint density at radius 1 is 1.18 bits per heavy atom. The Balaban J connectivity index is 1.76. The molecule has 1 fully saturated rings. The van der Waals surface area contributed by atoms with Crippen molar-refractivity contribution < 1.29 is 4.42 Å². The maximum absolute atomic E-state index is 6.36. The van der Waals surface area contributed by atoms with E-state index >= 15 is 0 Å². The van der Waals surface area contributed by atoms with Gasteiger partial charge in [-0.2, -0.15) is 0 Å². The van der Waals surface area contributed by atoms with Gasteiger partial charge in [-0.15, -0.1) is 0 Å². The quantitative estimate of drug-likeness (QED) is 0.503. The van der Waals surface area contributed by atoms with Crippen molar-refractivity contribution >= 4 is 33.3 Å². The summed E-state index contributed by atoms with van der Waals surface area (Å²) in [7, 11) is 0. The molecule has 1 aliphatic rings. The van der Waals surface area contributed by atoms with Crippen LogP contribution in [0.3, 0.4) is 0 Å². The summed E-state index contributed by atoms with van der Waals surface area (Å²) >= 11 is 9.30.